The molecule has 1 aromatic carbocycles. The zero-order chi connectivity index (χ0) is 17.1. The molecule has 1 aliphatic heterocycles. The van der Waals surface area contributed by atoms with Gasteiger partial charge in [0.25, 0.3) is 0 Å². The van der Waals surface area contributed by atoms with E-state index in [4.69, 9.17) is 23.2 Å². The van der Waals surface area contributed by atoms with Gasteiger partial charge in [-0.25, -0.2) is 9.18 Å². The number of benzene rings is 1. The number of aromatic nitrogens is 1. The molecule has 0 radical (unpaired) electrons. The van der Waals surface area contributed by atoms with Crippen molar-refractivity contribution in [1.29, 1.82) is 0 Å². The molecule has 2 N–H and O–H groups in total. The number of pyridine rings is 1. The van der Waals surface area contributed by atoms with Crippen molar-refractivity contribution >= 4 is 34.9 Å². The second-order valence-corrected chi connectivity index (χ2v) is 6.19. The minimum atomic E-state index is -0.634. The molecule has 0 bridgehead atoms. The minimum Gasteiger partial charge on any atom is -0.315 e. The molecule has 1 saturated heterocycles. The molecule has 8 heteroatoms. The quantitative estimate of drug-likeness (QED) is 0.794. The number of nitrogens with one attached hydrogen (secondary N) is 2. The van der Waals surface area contributed by atoms with Gasteiger partial charge >= 0.3 is 6.03 Å². The molecule has 1 aromatic heterocycles. The maximum atomic E-state index is 14.0. The lowest BCUT2D eigenvalue weighted by molar-refractivity contribution is 0.171. The van der Waals surface area contributed by atoms with Crippen molar-refractivity contribution < 1.29 is 9.18 Å². The fourth-order valence-corrected chi connectivity index (χ4v) is 2.94. The molecule has 0 aliphatic carbocycles. The molecule has 1 fully saturated rings. The highest BCUT2D eigenvalue weighted by atomic mass is 35.5. The van der Waals surface area contributed by atoms with Crippen LogP contribution in [-0.4, -0.2) is 35.5 Å². The van der Waals surface area contributed by atoms with E-state index in [0.29, 0.717) is 19.6 Å². The third kappa shape index (κ3) is 3.61. The molecule has 2 amide bonds. The lowest BCUT2D eigenvalue weighted by atomic mass is 10.1. The number of carbonyl (C=O) groups is 1. The maximum absolute atomic E-state index is 14.0. The number of nitrogens with zero attached hydrogens (tertiary/aromatic N) is 2. The third-order valence-electron chi connectivity index (χ3n) is 3.83. The SMILES string of the molecule is O=C(Nc1cc(Cl)c(Cl)cc1F)N1CCNCC1c1cccnc1. The number of carbonyl (C=O) groups excluding carboxylic acids is 1. The molecule has 2 aromatic rings. The summed E-state index contributed by atoms with van der Waals surface area (Å²) in [5.74, 6) is -0.634. The van der Waals surface area contributed by atoms with Gasteiger partial charge in [-0.3, -0.25) is 4.98 Å². The van der Waals surface area contributed by atoms with E-state index < -0.39 is 11.8 Å². The van der Waals surface area contributed by atoms with Crippen molar-refractivity contribution in [1.82, 2.24) is 15.2 Å². The number of amides is 2. The number of halogens is 3. The van der Waals surface area contributed by atoms with Gasteiger partial charge in [0.1, 0.15) is 5.82 Å². The van der Waals surface area contributed by atoms with Gasteiger partial charge in [0.2, 0.25) is 0 Å². The lowest BCUT2D eigenvalue weighted by Crippen LogP contribution is -2.50. The number of piperazine rings is 1. The normalized spacial score (nSPS) is 17.6. The van der Waals surface area contributed by atoms with Crippen molar-refractivity contribution in [2.45, 2.75) is 6.04 Å². The van der Waals surface area contributed by atoms with Gasteiger partial charge in [-0.15, -0.1) is 0 Å². The molecule has 126 valence electrons. The predicted molar refractivity (Wildman–Crippen MR) is 92.0 cm³/mol. The Hall–Kier alpha value is -1.89. The van der Waals surface area contributed by atoms with Gasteiger partial charge in [-0.1, -0.05) is 29.3 Å². The first-order valence-electron chi connectivity index (χ1n) is 7.39. The molecule has 5 nitrogen and oxygen atoms in total. The summed E-state index contributed by atoms with van der Waals surface area (Å²) in [7, 11) is 0. The molecule has 24 heavy (non-hydrogen) atoms. The molecule has 2 heterocycles. The van der Waals surface area contributed by atoms with E-state index in [0.717, 1.165) is 11.6 Å². The van der Waals surface area contributed by atoms with Crippen molar-refractivity contribution in [3.05, 3.63) is 58.1 Å². The van der Waals surface area contributed by atoms with E-state index in [9.17, 15) is 9.18 Å². The Balaban J connectivity index is 1.81. The first kappa shape index (κ1) is 17.0. The largest absolute Gasteiger partial charge is 0.322 e. The van der Waals surface area contributed by atoms with E-state index in [1.807, 2.05) is 12.1 Å². The van der Waals surface area contributed by atoms with Gasteiger partial charge in [0.05, 0.1) is 21.8 Å². The Kier molecular flexibility index (Phi) is 5.18. The van der Waals surface area contributed by atoms with Gasteiger partial charge in [-0.05, 0) is 23.8 Å². The topological polar surface area (TPSA) is 57.3 Å². The first-order valence-corrected chi connectivity index (χ1v) is 8.14. The van der Waals surface area contributed by atoms with E-state index in [-0.39, 0.29) is 21.8 Å². The highest BCUT2D eigenvalue weighted by Crippen LogP contribution is 2.29. The van der Waals surface area contributed by atoms with Gasteiger partial charge in [0.15, 0.2) is 0 Å². The van der Waals surface area contributed by atoms with Crippen LogP contribution in [0.5, 0.6) is 0 Å². The lowest BCUT2D eigenvalue weighted by Gasteiger charge is -2.36. The summed E-state index contributed by atoms with van der Waals surface area (Å²) in [6, 6.07) is 5.53. The second-order valence-electron chi connectivity index (χ2n) is 5.38. The summed E-state index contributed by atoms with van der Waals surface area (Å²) >= 11 is 11.7. The fraction of sp³-hybridized carbons (Fsp3) is 0.250. The third-order valence-corrected chi connectivity index (χ3v) is 4.55. The average Bonchev–Trinajstić information content (AvgIpc) is 2.60. The van der Waals surface area contributed by atoms with E-state index in [1.54, 1.807) is 17.3 Å². The van der Waals surface area contributed by atoms with Crippen molar-refractivity contribution in [3.63, 3.8) is 0 Å². The number of rotatable bonds is 2. The molecule has 1 unspecified atom stereocenters. The summed E-state index contributed by atoms with van der Waals surface area (Å²) in [4.78, 5) is 18.4. The molecule has 1 aliphatic rings. The van der Waals surface area contributed by atoms with Crippen LogP contribution in [0.15, 0.2) is 36.7 Å². The van der Waals surface area contributed by atoms with Crippen molar-refractivity contribution in [2.75, 3.05) is 25.0 Å². The fourth-order valence-electron chi connectivity index (χ4n) is 2.62. The van der Waals surface area contributed by atoms with Gasteiger partial charge < -0.3 is 15.5 Å². The Morgan fingerprint density at radius 2 is 2.17 bits per heavy atom. The minimum absolute atomic E-state index is 0.00197. The van der Waals surface area contributed by atoms with Crippen LogP contribution in [0.25, 0.3) is 0 Å². The standard InChI is InChI=1S/C16H15Cl2FN4O/c17-11-6-13(19)14(7-12(11)18)22-16(24)23-5-4-21-9-15(23)10-2-1-3-20-8-10/h1-3,6-8,15,21H,4-5,9H2,(H,22,24). The summed E-state index contributed by atoms with van der Waals surface area (Å²) < 4.78 is 14.0. The zero-order valence-electron chi connectivity index (χ0n) is 12.6. The molecule has 0 spiro atoms. The van der Waals surface area contributed by atoms with Gasteiger partial charge in [0, 0.05) is 32.0 Å². The predicted octanol–water partition coefficient (Wildman–Crippen LogP) is 3.71. The van der Waals surface area contributed by atoms with Crippen molar-refractivity contribution in [2.24, 2.45) is 0 Å². The van der Waals surface area contributed by atoms with E-state index in [2.05, 4.69) is 15.6 Å². The molecular formula is C16H15Cl2FN4O. The smallest absolute Gasteiger partial charge is 0.315 e. The first-order chi connectivity index (χ1) is 11.6. The number of hydrogen-bond acceptors (Lipinski definition) is 3. The van der Waals surface area contributed by atoms with Crippen LogP contribution in [0, 0.1) is 5.82 Å². The van der Waals surface area contributed by atoms with Crippen LogP contribution in [-0.2, 0) is 0 Å². The van der Waals surface area contributed by atoms with Gasteiger partial charge in [-0.2, -0.15) is 0 Å². The van der Waals surface area contributed by atoms with Crippen LogP contribution < -0.4 is 10.6 Å². The number of anilines is 1. The summed E-state index contributed by atoms with van der Waals surface area (Å²) in [5, 5.41) is 6.09. The molecular weight excluding hydrogens is 354 g/mol. The molecule has 0 saturated carbocycles. The summed E-state index contributed by atoms with van der Waals surface area (Å²) in [6.45, 7) is 1.76. The number of urea groups is 1. The van der Waals surface area contributed by atoms with E-state index in [1.165, 1.54) is 6.07 Å². The summed E-state index contributed by atoms with van der Waals surface area (Å²) in [5.41, 5.74) is 0.910. The van der Waals surface area contributed by atoms with Crippen LogP contribution in [0.2, 0.25) is 10.0 Å². The van der Waals surface area contributed by atoms with Crippen LogP contribution >= 0.6 is 23.2 Å². The Labute approximate surface area is 148 Å². The average molecular weight is 369 g/mol. The summed E-state index contributed by atoms with van der Waals surface area (Å²) in [6.07, 6.45) is 3.40. The Bertz CT molecular complexity index is 744. The highest BCUT2D eigenvalue weighted by Gasteiger charge is 2.28. The molecule has 1 atom stereocenters. The zero-order valence-corrected chi connectivity index (χ0v) is 14.1. The Morgan fingerprint density at radius 1 is 1.38 bits per heavy atom. The monoisotopic (exact) mass is 368 g/mol. The second kappa shape index (κ2) is 7.34. The van der Waals surface area contributed by atoms with Crippen LogP contribution in [0.4, 0.5) is 14.9 Å². The Morgan fingerprint density at radius 3 is 2.92 bits per heavy atom. The van der Waals surface area contributed by atoms with E-state index >= 15 is 0 Å². The van der Waals surface area contributed by atoms with Crippen molar-refractivity contribution in [3.8, 4) is 0 Å². The number of hydrogen-bond donors (Lipinski definition) is 2. The molecule has 3 rings (SSSR count). The van der Waals surface area contributed by atoms with Crippen LogP contribution in [0.3, 0.4) is 0 Å². The maximum Gasteiger partial charge on any atom is 0.322 e. The highest BCUT2D eigenvalue weighted by molar-refractivity contribution is 6.42. The van der Waals surface area contributed by atoms with Crippen LogP contribution in [0.1, 0.15) is 11.6 Å².